The number of primary sulfonamides is 1. The maximum absolute atomic E-state index is 13.0. The molecule has 13 N–H and O–H groups in total. The number of sulfonamides is 1. The van der Waals surface area contributed by atoms with Gasteiger partial charge in [-0.1, -0.05) is 18.2 Å². The van der Waals surface area contributed by atoms with E-state index in [1.807, 2.05) is 5.53 Å². The summed E-state index contributed by atoms with van der Waals surface area (Å²) in [5.74, 6) is 5.18. The molecule has 0 aliphatic heterocycles. The Kier molecular flexibility index (Phi) is 7.62. The number of fused-ring (bicyclic) bond motifs is 1. The lowest BCUT2D eigenvalue weighted by Gasteiger charge is -2.17. The molecule has 0 fully saturated rings. The first-order valence-electron chi connectivity index (χ1n) is 9.78. The summed E-state index contributed by atoms with van der Waals surface area (Å²) >= 11 is 0. The molecule has 0 amide bonds. The van der Waals surface area contributed by atoms with Crippen LogP contribution in [0.15, 0.2) is 45.2 Å². The molecule has 13 nitrogen and oxygen atoms in total. The monoisotopic (exact) mass is 494 g/mol. The summed E-state index contributed by atoms with van der Waals surface area (Å²) in [6.45, 7) is 0.836. The molecule has 1 heterocycles. The number of nitrogens with one attached hydrogen (secondary N) is 3. The molecule has 0 radical (unpaired) electrons. The number of hydrogen-bond donors (Lipinski definition) is 8. The predicted molar refractivity (Wildman–Crippen MR) is 128 cm³/mol. The number of nitrogens with two attached hydrogens (primary N) is 5. The van der Waals surface area contributed by atoms with Gasteiger partial charge >= 0.3 is 0 Å². The van der Waals surface area contributed by atoms with Crippen molar-refractivity contribution < 1.29 is 12.6 Å². The number of para-hydroxylation sites is 1. The number of hydrazine groups is 1. The van der Waals surface area contributed by atoms with Crippen LogP contribution in [0.3, 0.4) is 0 Å². The number of hydrogen-bond acceptors (Lipinski definition) is 9. The number of unbranched alkanes of at least 4 members (excludes halogenated alkanes) is 1. The Bertz CT molecular complexity index is 1320. The lowest BCUT2D eigenvalue weighted by Crippen LogP contribution is -2.29. The normalized spacial score (nSPS) is 13.4. The quantitative estimate of drug-likeness (QED) is 0.0559. The second-order valence-electron chi connectivity index (χ2n) is 6.97. The zero-order valence-corrected chi connectivity index (χ0v) is 19.2. The average Bonchev–Trinajstić information content (AvgIpc) is 3.15. The Morgan fingerprint density at radius 3 is 2.61 bits per heavy atom. The van der Waals surface area contributed by atoms with Crippen molar-refractivity contribution in [3.63, 3.8) is 0 Å². The van der Waals surface area contributed by atoms with E-state index in [-0.39, 0.29) is 22.2 Å². The standard InChI is InChI=1S/C18H26N10O3S2/c19-8-1-2-9-24-32(29)13-7-6-10(11-4-3-5-12-15(11)26-18(21)25-12)14(17(20)27-28-22)16(13)33(23,30)31/h3-7,24,28H,1-2,8-9,19,22H2,(H2,20,27)(H3,21,25,26)(H2,23,30,31). The van der Waals surface area contributed by atoms with Gasteiger partial charge in [-0.2, -0.15) is 0 Å². The van der Waals surface area contributed by atoms with Crippen molar-refractivity contribution in [1.29, 1.82) is 0 Å². The topological polar surface area (TPSA) is 246 Å². The van der Waals surface area contributed by atoms with Crippen molar-refractivity contribution in [1.82, 2.24) is 20.2 Å². The molecular formula is C18H26N10O3S2. The lowest BCUT2D eigenvalue weighted by molar-refractivity contribution is 0.594. The highest BCUT2D eigenvalue weighted by Gasteiger charge is 2.28. The molecule has 1 aromatic heterocycles. The number of amidine groups is 1. The van der Waals surface area contributed by atoms with E-state index in [0.29, 0.717) is 41.7 Å². The number of benzene rings is 2. The van der Waals surface area contributed by atoms with E-state index in [0.717, 1.165) is 6.42 Å². The van der Waals surface area contributed by atoms with Gasteiger partial charge in [0.25, 0.3) is 0 Å². The van der Waals surface area contributed by atoms with Crippen LogP contribution in [0.5, 0.6) is 0 Å². The minimum atomic E-state index is -4.42. The number of nitrogens with zero attached hydrogens (tertiary/aromatic N) is 2. The zero-order valence-electron chi connectivity index (χ0n) is 17.5. The van der Waals surface area contributed by atoms with Crippen LogP contribution < -0.4 is 38.4 Å². The second-order valence-corrected chi connectivity index (χ2v) is 9.73. The molecule has 33 heavy (non-hydrogen) atoms. The molecule has 178 valence electrons. The fraction of sp³-hybridized carbons (Fsp3) is 0.222. The summed E-state index contributed by atoms with van der Waals surface area (Å²) in [5, 5.41) is 9.30. The third-order valence-corrected chi connectivity index (χ3v) is 7.06. The van der Waals surface area contributed by atoms with Gasteiger partial charge < -0.3 is 22.2 Å². The number of hydrazone groups is 1. The van der Waals surface area contributed by atoms with E-state index in [9.17, 15) is 12.6 Å². The van der Waals surface area contributed by atoms with Crippen LogP contribution in [0.4, 0.5) is 5.95 Å². The van der Waals surface area contributed by atoms with Gasteiger partial charge in [-0.05, 0) is 37.1 Å². The van der Waals surface area contributed by atoms with Crippen molar-refractivity contribution in [3.8, 4) is 11.1 Å². The minimum absolute atomic E-state index is 0.0703. The fourth-order valence-corrected chi connectivity index (χ4v) is 5.75. The molecular weight excluding hydrogens is 468 g/mol. The van der Waals surface area contributed by atoms with E-state index in [1.165, 1.54) is 6.07 Å². The molecule has 0 bridgehead atoms. The molecule has 0 saturated heterocycles. The number of anilines is 1. The van der Waals surface area contributed by atoms with Crippen LogP contribution in [0.25, 0.3) is 22.2 Å². The summed E-state index contributed by atoms with van der Waals surface area (Å²) in [6, 6.07) is 8.17. The Morgan fingerprint density at radius 1 is 1.18 bits per heavy atom. The summed E-state index contributed by atoms with van der Waals surface area (Å²) < 4.78 is 41.2. The van der Waals surface area contributed by atoms with Crippen LogP contribution in [0.1, 0.15) is 18.4 Å². The van der Waals surface area contributed by atoms with Crippen molar-refractivity contribution in [2.75, 3.05) is 18.8 Å². The highest BCUT2D eigenvalue weighted by molar-refractivity contribution is 7.90. The van der Waals surface area contributed by atoms with Crippen molar-refractivity contribution in [2.24, 2.45) is 27.6 Å². The van der Waals surface area contributed by atoms with Crippen LogP contribution in [0.2, 0.25) is 0 Å². The van der Waals surface area contributed by atoms with Gasteiger partial charge in [0, 0.05) is 17.7 Å². The number of nitrogen functional groups attached to an aromatic ring is 1. The SMILES string of the molecule is NCCCCNS(=O)c1ccc(-c2cccc3[nH]c(N)nc23)c(/C(N)=N/NN)c1S(N)(=O)=O. The van der Waals surface area contributed by atoms with Crippen LogP contribution >= 0.6 is 0 Å². The summed E-state index contributed by atoms with van der Waals surface area (Å²) in [6.07, 6.45) is 1.37. The molecule has 0 saturated carbocycles. The Morgan fingerprint density at radius 2 is 1.94 bits per heavy atom. The Labute approximate surface area is 192 Å². The van der Waals surface area contributed by atoms with Gasteiger partial charge in [0.05, 0.1) is 15.9 Å². The van der Waals surface area contributed by atoms with E-state index >= 15 is 0 Å². The lowest BCUT2D eigenvalue weighted by atomic mass is 9.97. The van der Waals surface area contributed by atoms with Gasteiger partial charge in [-0.25, -0.2) is 38.8 Å². The first-order chi connectivity index (χ1) is 15.7. The van der Waals surface area contributed by atoms with E-state index in [4.69, 9.17) is 28.2 Å². The number of H-pyrrole nitrogens is 1. The largest absolute Gasteiger partial charge is 0.382 e. The van der Waals surface area contributed by atoms with Crippen LogP contribution in [-0.4, -0.2) is 41.5 Å². The van der Waals surface area contributed by atoms with Gasteiger partial charge in [0.2, 0.25) is 10.0 Å². The maximum Gasteiger partial charge on any atom is 0.240 e. The van der Waals surface area contributed by atoms with E-state index < -0.39 is 25.9 Å². The number of imidazole rings is 1. The van der Waals surface area contributed by atoms with Gasteiger partial charge in [-0.3, -0.25) is 0 Å². The maximum atomic E-state index is 13.0. The first-order valence-corrected chi connectivity index (χ1v) is 12.5. The predicted octanol–water partition coefficient (Wildman–Crippen LogP) is -1.11. The third kappa shape index (κ3) is 5.29. The minimum Gasteiger partial charge on any atom is -0.382 e. The number of aromatic amines is 1. The summed E-state index contributed by atoms with van der Waals surface area (Å²) in [4.78, 5) is 6.68. The highest BCUT2D eigenvalue weighted by atomic mass is 32.2. The zero-order chi connectivity index (χ0) is 24.2. The van der Waals surface area contributed by atoms with Gasteiger partial charge in [0.1, 0.15) is 15.9 Å². The molecule has 3 rings (SSSR count). The Hall–Kier alpha value is -3.08. The second kappa shape index (κ2) is 10.2. The molecule has 3 aromatic rings. The van der Waals surface area contributed by atoms with Crippen molar-refractivity contribution >= 4 is 43.8 Å². The first kappa shape index (κ1) is 24.6. The van der Waals surface area contributed by atoms with Gasteiger partial charge in [0.15, 0.2) is 11.8 Å². The average molecular weight is 495 g/mol. The molecule has 0 aliphatic carbocycles. The molecule has 1 atom stereocenters. The molecule has 0 spiro atoms. The van der Waals surface area contributed by atoms with E-state index in [2.05, 4.69) is 19.8 Å². The summed E-state index contributed by atoms with van der Waals surface area (Å²) in [5.41, 5.74) is 21.3. The van der Waals surface area contributed by atoms with Crippen LogP contribution in [0, 0.1) is 0 Å². The van der Waals surface area contributed by atoms with Crippen LogP contribution in [-0.2, 0) is 21.0 Å². The van der Waals surface area contributed by atoms with Gasteiger partial charge in [-0.15, -0.1) is 5.10 Å². The smallest absolute Gasteiger partial charge is 0.240 e. The number of rotatable bonds is 10. The molecule has 1 unspecified atom stereocenters. The Balaban J connectivity index is 2.29. The fourth-order valence-electron chi connectivity index (χ4n) is 3.38. The van der Waals surface area contributed by atoms with E-state index in [1.54, 1.807) is 24.3 Å². The molecule has 0 aliphatic rings. The number of aromatic nitrogens is 2. The molecule has 2 aromatic carbocycles. The third-order valence-electron chi connectivity index (χ3n) is 4.73. The molecule has 15 heteroatoms. The van der Waals surface area contributed by atoms with Crippen molar-refractivity contribution in [3.05, 3.63) is 35.9 Å². The van der Waals surface area contributed by atoms with Crippen molar-refractivity contribution in [2.45, 2.75) is 22.6 Å². The summed E-state index contributed by atoms with van der Waals surface area (Å²) in [7, 11) is -6.34. The highest BCUT2D eigenvalue weighted by Crippen LogP contribution is 2.35.